The summed E-state index contributed by atoms with van der Waals surface area (Å²) in [6.07, 6.45) is 3.49. The van der Waals surface area contributed by atoms with Crippen molar-refractivity contribution in [3.63, 3.8) is 0 Å². The summed E-state index contributed by atoms with van der Waals surface area (Å²) in [5.41, 5.74) is 1.17. The maximum atomic E-state index is 11.3. The average molecular weight is 265 g/mol. The molecule has 4 nitrogen and oxygen atoms in total. The quantitative estimate of drug-likeness (QED) is 0.803. The summed E-state index contributed by atoms with van der Waals surface area (Å²) in [6, 6.07) is 6.84. The fraction of sp³-hybridized carbons (Fsp3) is 0.385. The van der Waals surface area contributed by atoms with Crippen molar-refractivity contribution >= 4 is 22.1 Å². The minimum Gasteiger partial charge on any atom is -0.508 e. The molecule has 2 rings (SSSR count). The van der Waals surface area contributed by atoms with Gasteiger partial charge in [0.05, 0.1) is 6.04 Å². The molecule has 1 atom stereocenters. The van der Waals surface area contributed by atoms with E-state index in [4.69, 9.17) is 5.11 Å². The van der Waals surface area contributed by atoms with Crippen molar-refractivity contribution in [2.24, 2.45) is 0 Å². The summed E-state index contributed by atoms with van der Waals surface area (Å²) in [7, 11) is 0. The van der Waals surface area contributed by atoms with Gasteiger partial charge in [-0.05, 0) is 37.0 Å². The van der Waals surface area contributed by atoms with Gasteiger partial charge in [0.2, 0.25) is 5.12 Å². The van der Waals surface area contributed by atoms with Crippen molar-refractivity contribution in [1.29, 1.82) is 0 Å². The highest BCUT2D eigenvalue weighted by Crippen LogP contribution is 2.20. The molecular formula is C13H15NO3S. The van der Waals surface area contributed by atoms with Gasteiger partial charge in [-0.1, -0.05) is 18.6 Å². The number of carbonyl (C=O) groups is 2. The van der Waals surface area contributed by atoms with Crippen LogP contribution < -0.4 is 5.32 Å². The topological polar surface area (TPSA) is 66.4 Å². The van der Waals surface area contributed by atoms with Crippen LogP contribution in [0.3, 0.4) is 0 Å². The van der Waals surface area contributed by atoms with Crippen LogP contribution >= 0.6 is 11.8 Å². The molecule has 0 bridgehead atoms. The van der Waals surface area contributed by atoms with Crippen LogP contribution in [0.2, 0.25) is 0 Å². The number of hydrogen-bond donors (Lipinski definition) is 2. The maximum absolute atomic E-state index is 11.3. The van der Waals surface area contributed by atoms with Gasteiger partial charge in [-0.15, -0.1) is 0 Å². The van der Waals surface area contributed by atoms with Gasteiger partial charge in [-0.2, -0.15) is 0 Å². The van der Waals surface area contributed by atoms with Crippen LogP contribution in [0.1, 0.15) is 24.8 Å². The Kier molecular flexibility index (Phi) is 4.25. The Labute approximate surface area is 110 Å². The predicted octanol–water partition coefficient (Wildman–Crippen LogP) is 2.46. The number of aryl methyl sites for hydroxylation is 1. The number of aromatic hydroxyl groups is 1. The molecule has 1 fully saturated rings. The summed E-state index contributed by atoms with van der Waals surface area (Å²) in [5, 5.41) is 11.5. The van der Waals surface area contributed by atoms with Crippen molar-refractivity contribution in [3.8, 4) is 5.75 Å². The first kappa shape index (κ1) is 13.0. The normalized spacial score (nSPS) is 19.0. The number of hydrogen-bond acceptors (Lipinski definition) is 4. The molecule has 18 heavy (non-hydrogen) atoms. The van der Waals surface area contributed by atoms with Gasteiger partial charge in [0.25, 0.3) is 5.24 Å². The standard InChI is InChI=1S/C13H15NO3S/c15-10-7-5-9(6-8-10)3-1-2-4-11-12(16)18-13(17)14-11/h5-8,11,15H,1-4H2,(H,14,17). The number of thioether (sulfide) groups is 1. The number of amides is 1. The second-order valence-corrected chi connectivity index (χ2v) is 5.29. The Balaban J connectivity index is 1.68. The van der Waals surface area contributed by atoms with Gasteiger partial charge >= 0.3 is 0 Å². The third-order valence-corrected chi connectivity index (χ3v) is 3.70. The van der Waals surface area contributed by atoms with Gasteiger partial charge in [-0.25, -0.2) is 0 Å². The lowest BCUT2D eigenvalue weighted by Gasteiger charge is -2.07. The van der Waals surface area contributed by atoms with E-state index in [-0.39, 0.29) is 22.1 Å². The lowest BCUT2D eigenvalue weighted by atomic mass is 10.0. The minimum absolute atomic E-state index is 0.0652. The first-order valence-corrected chi connectivity index (χ1v) is 6.77. The van der Waals surface area contributed by atoms with Crippen LogP contribution in [-0.4, -0.2) is 21.5 Å². The molecule has 0 aliphatic carbocycles. The van der Waals surface area contributed by atoms with E-state index < -0.39 is 0 Å². The number of benzene rings is 1. The van der Waals surface area contributed by atoms with Gasteiger partial charge in [-0.3, -0.25) is 9.59 Å². The monoisotopic (exact) mass is 265 g/mol. The zero-order valence-electron chi connectivity index (χ0n) is 9.89. The molecule has 1 aromatic rings. The van der Waals surface area contributed by atoms with Crippen molar-refractivity contribution in [2.45, 2.75) is 31.7 Å². The van der Waals surface area contributed by atoms with E-state index >= 15 is 0 Å². The predicted molar refractivity (Wildman–Crippen MR) is 70.6 cm³/mol. The van der Waals surface area contributed by atoms with Gasteiger partial charge in [0, 0.05) is 11.8 Å². The van der Waals surface area contributed by atoms with Crippen LogP contribution in [0, 0.1) is 0 Å². The molecule has 0 spiro atoms. The fourth-order valence-electron chi connectivity index (χ4n) is 1.92. The SMILES string of the molecule is O=C1NC(CCCCc2ccc(O)cc2)C(=O)S1. The lowest BCUT2D eigenvalue weighted by molar-refractivity contribution is -0.112. The zero-order chi connectivity index (χ0) is 13.0. The summed E-state index contributed by atoms with van der Waals surface area (Å²) < 4.78 is 0. The highest BCUT2D eigenvalue weighted by molar-refractivity contribution is 8.26. The molecule has 1 amide bonds. The molecule has 1 aliphatic rings. The van der Waals surface area contributed by atoms with E-state index in [0.717, 1.165) is 31.0 Å². The molecule has 5 heteroatoms. The van der Waals surface area contributed by atoms with Crippen molar-refractivity contribution in [3.05, 3.63) is 29.8 Å². The van der Waals surface area contributed by atoms with Crippen molar-refractivity contribution < 1.29 is 14.7 Å². The third-order valence-electron chi connectivity index (χ3n) is 2.91. The molecule has 1 unspecified atom stereocenters. The van der Waals surface area contributed by atoms with Crippen LogP contribution in [0.4, 0.5) is 4.79 Å². The van der Waals surface area contributed by atoms with Crippen molar-refractivity contribution in [2.75, 3.05) is 0 Å². The molecule has 1 aromatic carbocycles. The average Bonchev–Trinajstić information content (AvgIpc) is 2.66. The molecule has 0 aromatic heterocycles. The number of nitrogens with one attached hydrogen (secondary N) is 1. The van der Waals surface area contributed by atoms with E-state index in [2.05, 4.69) is 5.32 Å². The lowest BCUT2D eigenvalue weighted by Crippen LogP contribution is -2.28. The molecule has 0 radical (unpaired) electrons. The summed E-state index contributed by atoms with van der Waals surface area (Å²) >= 11 is 0.768. The number of carbonyl (C=O) groups excluding carboxylic acids is 2. The Morgan fingerprint density at radius 2 is 1.89 bits per heavy atom. The van der Waals surface area contributed by atoms with Gasteiger partial charge in [0.1, 0.15) is 5.75 Å². The van der Waals surface area contributed by atoms with Crippen LogP contribution in [0.25, 0.3) is 0 Å². The van der Waals surface area contributed by atoms with E-state index in [9.17, 15) is 9.59 Å². The molecule has 1 heterocycles. The number of phenols is 1. The van der Waals surface area contributed by atoms with Crippen LogP contribution in [-0.2, 0) is 11.2 Å². The highest BCUT2D eigenvalue weighted by atomic mass is 32.2. The second kappa shape index (κ2) is 5.91. The van der Waals surface area contributed by atoms with E-state index in [1.54, 1.807) is 12.1 Å². The number of unbranched alkanes of at least 4 members (excludes halogenated alkanes) is 1. The molecule has 96 valence electrons. The summed E-state index contributed by atoms with van der Waals surface area (Å²) in [5.74, 6) is 0.273. The molecule has 0 saturated carbocycles. The first-order chi connectivity index (χ1) is 8.65. The number of rotatable bonds is 5. The van der Waals surface area contributed by atoms with Gasteiger partial charge in [0.15, 0.2) is 0 Å². The smallest absolute Gasteiger partial charge is 0.287 e. The highest BCUT2D eigenvalue weighted by Gasteiger charge is 2.30. The van der Waals surface area contributed by atoms with E-state index in [1.165, 1.54) is 5.56 Å². The Bertz CT molecular complexity index is 444. The van der Waals surface area contributed by atoms with E-state index in [0.29, 0.717) is 6.42 Å². The minimum atomic E-state index is -0.303. The zero-order valence-corrected chi connectivity index (χ0v) is 10.7. The molecule has 1 saturated heterocycles. The molecule has 2 N–H and O–H groups in total. The van der Waals surface area contributed by atoms with E-state index in [1.807, 2.05) is 12.1 Å². The Morgan fingerprint density at radius 1 is 1.17 bits per heavy atom. The molecular weight excluding hydrogens is 250 g/mol. The first-order valence-electron chi connectivity index (χ1n) is 5.95. The maximum Gasteiger partial charge on any atom is 0.287 e. The summed E-state index contributed by atoms with van der Waals surface area (Å²) in [4.78, 5) is 22.3. The van der Waals surface area contributed by atoms with Crippen LogP contribution in [0.5, 0.6) is 5.75 Å². The Hall–Kier alpha value is -1.49. The second-order valence-electron chi connectivity index (χ2n) is 4.32. The van der Waals surface area contributed by atoms with Gasteiger partial charge < -0.3 is 10.4 Å². The van der Waals surface area contributed by atoms with Crippen molar-refractivity contribution in [1.82, 2.24) is 5.32 Å². The fourth-order valence-corrected chi connectivity index (χ4v) is 2.63. The third kappa shape index (κ3) is 3.50. The largest absolute Gasteiger partial charge is 0.508 e. The number of phenolic OH excluding ortho intramolecular Hbond substituents is 1. The summed E-state index contributed by atoms with van der Waals surface area (Å²) in [6.45, 7) is 0. The Morgan fingerprint density at radius 3 is 2.50 bits per heavy atom. The molecule has 1 aliphatic heterocycles. The van der Waals surface area contributed by atoms with Crippen LogP contribution in [0.15, 0.2) is 24.3 Å².